The van der Waals surface area contributed by atoms with Crippen LogP contribution >= 0.6 is 11.3 Å². The zero-order valence-corrected chi connectivity index (χ0v) is 8.88. The van der Waals surface area contributed by atoms with Gasteiger partial charge in [0.2, 0.25) is 0 Å². The van der Waals surface area contributed by atoms with Crippen LogP contribution in [-0.2, 0) is 13.6 Å². The van der Waals surface area contributed by atoms with E-state index in [1.165, 1.54) is 0 Å². The van der Waals surface area contributed by atoms with E-state index in [4.69, 9.17) is 0 Å². The SMILES string of the molecule is Cc1nc(CNc2cn(C)nn2)cs1. The van der Waals surface area contributed by atoms with Gasteiger partial charge in [0.15, 0.2) is 5.82 Å². The molecule has 2 rings (SSSR count). The van der Waals surface area contributed by atoms with E-state index in [-0.39, 0.29) is 0 Å². The Morgan fingerprint density at radius 2 is 2.43 bits per heavy atom. The average molecular weight is 209 g/mol. The molecular weight excluding hydrogens is 198 g/mol. The Hall–Kier alpha value is -1.43. The highest BCUT2D eigenvalue weighted by Gasteiger charge is 2.00. The second kappa shape index (κ2) is 3.75. The lowest BCUT2D eigenvalue weighted by atomic mass is 10.5. The minimum absolute atomic E-state index is 0.697. The van der Waals surface area contributed by atoms with Gasteiger partial charge >= 0.3 is 0 Å². The zero-order chi connectivity index (χ0) is 9.97. The largest absolute Gasteiger partial charge is 0.362 e. The second-order valence-electron chi connectivity index (χ2n) is 2.99. The van der Waals surface area contributed by atoms with Gasteiger partial charge in [-0.3, -0.25) is 4.68 Å². The molecule has 0 unspecified atom stereocenters. The van der Waals surface area contributed by atoms with Crippen LogP contribution in [0, 0.1) is 6.92 Å². The average Bonchev–Trinajstić information content (AvgIpc) is 2.72. The second-order valence-corrected chi connectivity index (χ2v) is 4.05. The molecule has 74 valence electrons. The first-order chi connectivity index (χ1) is 6.74. The molecule has 0 radical (unpaired) electrons. The molecule has 14 heavy (non-hydrogen) atoms. The molecule has 0 atom stereocenters. The fourth-order valence-corrected chi connectivity index (χ4v) is 1.71. The number of aromatic nitrogens is 4. The lowest BCUT2D eigenvalue weighted by Gasteiger charge is -1.97. The molecule has 0 fully saturated rings. The summed E-state index contributed by atoms with van der Waals surface area (Å²) in [7, 11) is 1.84. The van der Waals surface area contributed by atoms with Gasteiger partial charge in [0.25, 0.3) is 0 Å². The van der Waals surface area contributed by atoms with E-state index in [0.29, 0.717) is 6.54 Å². The summed E-state index contributed by atoms with van der Waals surface area (Å²) in [4.78, 5) is 4.33. The van der Waals surface area contributed by atoms with Gasteiger partial charge in [0.05, 0.1) is 23.4 Å². The van der Waals surface area contributed by atoms with Gasteiger partial charge in [-0.05, 0) is 6.92 Å². The predicted octanol–water partition coefficient (Wildman–Crippen LogP) is 1.19. The van der Waals surface area contributed by atoms with E-state index in [9.17, 15) is 0 Å². The van der Waals surface area contributed by atoms with Crippen molar-refractivity contribution >= 4 is 17.2 Å². The maximum atomic E-state index is 4.33. The van der Waals surface area contributed by atoms with E-state index < -0.39 is 0 Å². The van der Waals surface area contributed by atoms with Crippen molar-refractivity contribution < 1.29 is 0 Å². The van der Waals surface area contributed by atoms with Crippen LogP contribution in [0.25, 0.3) is 0 Å². The smallest absolute Gasteiger partial charge is 0.168 e. The first-order valence-corrected chi connectivity index (χ1v) is 5.13. The van der Waals surface area contributed by atoms with Crippen molar-refractivity contribution in [3.63, 3.8) is 0 Å². The van der Waals surface area contributed by atoms with Crippen LogP contribution in [0.4, 0.5) is 5.82 Å². The Labute approximate surface area is 85.8 Å². The molecule has 0 saturated carbocycles. The molecule has 2 aromatic rings. The zero-order valence-electron chi connectivity index (χ0n) is 8.06. The third kappa shape index (κ3) is 2.08. The van der Waals surface area contributed by atoms with Crippen LogP contribution < -0.4 is 5.32 Å². The predicted molar refractivity (Wildman–Crippen MR) is 55.2 cm³/mol. The summed E-state index contributed by atoms with van der Waals surface area (Å²) < 4.78 is 1.66. The van der Waals surface area contributed by atoms with Crippen LogP contribution in [0.5, 0.6) is 0 Å². The number of hydrogen-bond acceptors (Lipinski definition) is 5. The standard InChI is InChI=1S/C8H11N5S/c1-6-10-7(5-14-6)3-9-8-4-13(2)12-11-8/h4-5,9H,3H2,1-2H3. The van der Waals surface area contributed by atoms with Gasteiger partial charge in [-0.15, -0.1) is 16.4 Å². The Kier molecular flexibility index (Phi) is 2.45. The van der Waals surface area contributed by atoms with Gasteiger partial charge in [0, 0.05) is 12.4 Å². The van der Waals surface area contributed by atoms with E-state index in [0.717, 1.165) is 16.5 Å². The molecule has 0 bridgehead atoms. The van der Waals surface area contributed by atoms with Crippen LogP contribution in [0.1, 0.15) is 10.7 Å². The molecule has 0 saturated heterocycles. The van der Waals surface area contributed by atoms with Gasteiger partial charge in [-0.2, -0.15) is 0 Å². The van der Waals surface area contributed by atoms with E-state index in [1.54, 1.807) is 16.0 Å². The number of rotatable bonds is 3. The number of aryl methyl sites for hydroxylation is 2. The number of anilines is 1. The van der Waals surface area contributed by atoms with Crippen molar-refractivity contribution in [2.75, 3.05) is 5.32 Å². The van der Waals surface area contributed by atoms with Crippen molar-refractivity contribution in [3.8, 4) is 0 Å². The van der Waals surface area contributed by atoms with Crippen LogP contribution in [0.2, 0.25) is 0 Å². The molecule has 5 nitrogen and oxygen atoms in total. The Morgan fingerprint density at radius 3 is 3.00 bits per heavy atom. The maximum absolute atomic E-state index is 4.33. The lowest BCUT2D eigenvalue weighted by molar-refractivity contribution is 0.715. The van der Waals surface area contributed by atoms with Gasteiger partial charge in [-0.1, -0.05) is 5.21 Å². The quantitative estimate of drug-likeness (QED) is 0.825. The number of nitrogens with one attached hydrogen (secondary N) is 1. The highest BCUT2D eigenvalue weighted by molar-refractivity contribution is 7.09. The van der Waals surface area contributed by atoms with Crippen LogP contribution in [0.3, 0.4) is 0 Å². The minimum atomic E-state index is 0.697. The Balaban J connectivity index is 1.94. The van der Waals surface area contributed by atoms with Crippen molar-refractivity contribution in [3.05, 3.63) is 22.3 Å². The lowest BCUT2D eigenvalue weighted by Crippen LogP contribution is -1.99. The van der Waals surface area contributed by atoms with E-state index in [2.05, 4.69) is 20.6 Å². The molecule has 2 heterocycles. The molecule has 0 aliphatic heterocycles. The normalized spacial score (nSPS) is 10.4. The van der Waals surface area contributed by atoms with Crippen molar-refractivity contribution in [2.45, 2.75) is 13.5 Å². The molecule has 1 N–H and O–H groups in total. The molecule has 0 aliphatic rings. The summed E-state index contributed by atoms with van der Waals surface area (Å²) >= 11 is 1.65. The molecular formula is C8H11N5S. The molecule has 0 aliphatic carbocycles. The molecule has 6 heteroatoms. The monoisotopic (exact) mass is 209 g/mol. The Morgan fingerprint density at radius 1 is 1.57 bits per heavy atom. The molecule has 0 spiro atoms. The van der Waals surface area contributed by atoms with E-state index >= 15 is 0 Å². The fourth-order valence-electron chi connectivity index (χ4n) is 1.10. The van der Waals surface area contributed by atoms with E-state index in [1.807, 2.05) is 25.5 Å². The Bertz CT molecular complexity index is 379. The summed E-state index contributed by atoms with van der Waals surface area (Å²) in [5, 5.41) is 14.0. The summed E-state index contributed by atoms with van der Waals surface area (Å²) in [5.41, 5.74) is 1.04. The fraction of sp³-hybridized carbons (Fsp3) is 0.375. The number of nitrogens with zero attached hydrogens (tertiary/aromatic N) is 4. The molecule has 0 amide bonds. The molecule has 0 aromatic carbocycles. The highest BCUT2D eigenvalue weighted by atomic mass is 32.1. The third-order valence-corrected chi connectivity index (χ3v) is 2.54. The van der Waals surface area contributed by atoms with Gasteiger partial charge < -0.3 is 5.32 Å². The van der Waals surface area contributed by atoms with Gasteiger partial charge in [0.1, 0.15) is 0 Å². The first kappa shape index (κ1) is 9.14. The van der Waals surface area contributed by atoms with Crippen LogP contribution in [0.15, 0.2) is 11.6 Å². The van der Waals surface area contributed by atoms with Gasteiger partial charge in [-0.25, -0.2) is 4.98 Å². The summed E-state index contributed by atoms with van der Waals surface area (Å²) in [6.07, 6.45) is 1.83. The number of hydrogen-bond donors (Lipinski definition) is 1. The minimum Gasteiger partial charge on any atom is -0.362 e. The summed E-state index contributed by atoms with van der Waals surface area (Å²) in [5.74, 6) is 0.776. The summed E-state index contributed by atoms with van der Waals surface area (Å²) in [6, 6.07) is 0. The third-order valence-electron chi connectivity index (χ3n) is 1.72. The summed E-state index contributed by atoms with van der Waals surface area (Å²) in [6.45, 7) is 2.69. The maximum Gasteiger partial charge on any atom is 0.168 e. The van der Waals surface area contributed by atoms with Crippen molar-refractivity contribution in [1.82, 2.24) is 20.0 Å². The highest BCUT2D eigenvalue weighted by Crippen LogP contribution is 2.09. The van der Waals surface area contributed by atoms with Crippen molar-refractivity contribution in [2.24, 2.45) is 7.05 Å². The molecule has 2 aromatic heterocycles. The first-order valence-electron chi connectivity index (χ1n) is 4.25. The van der Waals surface area contributed by atoms with Crippen molar-refractivity contribution in [1.29, 1.82) is 0 Å². The number of thiazole rings is 1. The van der Waals surface area contributed by atoms with Crippen LogP contribution in [-0.4, -0.2) is 20.0 Å². The topological polar surface area (TPSA) is 55.6 Å².